The second-order valence-corrected chi connectivity index (χ2v) is 3.93. The SMILES string of the molecule is OC[C@H]1CCC=C(c2ccccc2)C1. The van der Waals surface area contributed by atoms with Gasteiger partial charge in [-0.15, -0.1) is 0 Å². The van der Waals surface area contributed by atoms with Crippen LogP contribution in [0.1, 0.15) is 24.8 Å². The lowest BCUT2D eigenvalue weighted by molar-refractivity contribution is 0.219. The van der Waals surface area contributed by atoms with Gasteiger partial charge < -0.3 is 5.11 Å². The van der Waals surface area contributed by atoms with E-state index in [1.54, 1.807) is 0 Å². The average Bonchev–Trinajstić information content (AvgIpc) is 2.30. The van der Waals surface area contributed by atoms with Gasteiger partial charge in [0.1, 0.15) is 0 Å². The summed E-state index contributed by atoms with van der Waals surface area (Å²) >= 11 is 0. The molecule has 74 valence electrons. The molecule has 1 aromatic rings. The molecule has 0 aliphatic heterocycles. The van der Waals surface area contributed by atoms with Crippen LogP contribution in [0, 0.1) is 5.92 Å². The number of benzene rings is 1. The van der Waals surface area contributed by atoms with Gasteiger partial charge in [0.25, 0.3) is 0 Å². The van der Waals surface area contributed by atoms with Gasteiger partial charge >= 0.3 is 0 Å². The van der Waals surface area contributed by atoms with E-state index in [-0.39, 0.29) is 0 Å². The van der Waals surface area contributed by atoms with Crippen molar-refractivity contribution in [2.75, 3.05) is 6.61 Å². The van der Waals surface area contributed by atoms with Crippen LogP contribution in [-0.2, 0) is 0 Å². The van der Waals surface area contributed by atoms with Crippen LogP contribution < -0.4 is 0 Å². The monoisotopic (exact) mass is 188 g/mol. The fourth-order valence-corrected chi connectivity index (χ4v) is 2.03. The van der Waals surface area contributed by atoms with E-state index in [1.165, 1.54) is 11.1 Å². The lowest BCUT2D eigenvalue weighted by Gasteiger charge is -2.20. The van der Waals surface area contributed by atoms with Crippen LogP contribution in [0.25, 0.3) is 5.57 Å². The standard InChI is InChI=1S/C13H16O/c14-10-11-5-4-8-13(9-11)12-6-2-1-3-7-12/h1-3,6-8,11,14H,4-5,9-10H2/t11-/m0/s1. The van der Waals surface area contributed by atoms with Crippen LogP contribution in [-0.4, -0.2) is 11.7 Å². The molecular formula is C13H16O. The van der Waals surface area contributed by atoms with Crippen LogP contribution in [0.5, 0.6) is 0 Å². The summed E-state index contributed by atoms with van der Waals surface area (Å²) in [5, 5.41) is 9.13. The lowest BCUT2D eigenvalue weighted by Crippen LogP contribution is -2.10. The maximum atomic E-state index is 9.13. The van der Waals surface area contributed by atoms with Gasteiger partial charge in [-0.3, -0.25) is 0 Å². The van der Waals surface area contributed by atoms with Gasteiger partial charge in [0.15, 0.2) is 0 Å². The average molecular weight is 188 g/mol. The van der Waals surface area contributed by atoms with Crippen LogP contribution in [0.3, 0.4) is 0 Å². The molecule has 0 unspecified atom stereocenters. The molecule has 1 aliphatic rings. The van der Waals surface area contributed by atoms with E-state index in [2.05, 4.69) is 30.3 Å². The molecule has 0 saturated heterocycles. The number of allylic oxidation sites excluding steroid dienone is 2. The van der Waals surface area contributed by atoms with Crippen molar-refractivity contribution in [3.05, 3.63) is 42.0 Å². The summed E-state index contributed by atoms with van der Waals surface area (Å²) in [4.78, 5) is 0. The Bertz CT molecular complexity index is 313. The third-order valence-corrected chi connectivity index (χ3v) is 2.88. The molecule has 1 N–H and O–H groups in total. The molecule has 0 amide bonds. The number of hydrogen-bond acceptors (Lipinski definition) is 1. The van der Waals surface area contributed by atoms with E-state index < -0.39 is 0 Å². The van der Waals surface area contributed by atoms with E-state index in [0.29, 0.717) is 12.5 Å². The van der Waals surface area contributed by atoms with Crippen molar-refractivity contribution in [2.45, 2.75) is 19.3 Å². The van der Waals surface area contributed by atoms with Gasteiger partial charge in [0.05, 0.1) is 0 Å². The third kappa shape index (κ3) is 2.05. The third-order valence-electron chi connectivity index (χ3n) is 2.88. The summed E-state index contributed by atoms with van der Waals surface area (Å²) in [6, 6.07) is 10.5. The summed E-state index contributed by atoms with van der Waals surface area (Å²) in [5.74, 6) is 0.468. The minimum absolute atomic E-state index is 0.324. The Balaban J connectivity index is 2.16. The molecule has 1 aliphatic carbocycles. The maximum Gasteiger partial charge on any atom is 0.0462 e. The predicted molar refractivity (Wildman–Crippen MR) is 58.8 cm³/mol. The van der Waals surface area contributed by atoms with Crippen molar-refractivity contribution in [1.29, 1.82) is 0 Å². The van der Waals surface area contributed by atoms with Gasteiger partial charge in [-0.25, -0.2) is 0 Å². The van der Waals surface area contributed by atoms with E-state index in [1.807, 2.05) is 6.07 Å². The maximum absolute atomic E-state index is 9.13. The second kappa shape index (κ2) is 4.43. The Hall–Kier alpha value is -1.08. The summed E-state index contributed by atoms with van der Waals surface area (Å²) < 4.78 is 0. The summed E-state index contributed by atoms with van der Waals surface area (Å²) in [5.41, 5.74) is 2.71. The molecule has 0 heterocycles. The van der Waals surface area contributed by atoms with Gasteiger partial charge in [-0.2, -0.15) is 0 Å². The molecule has 0 fully saturated rings. The minimum Gasteiger partial charge on any atom is -0.396 e. The van der Waals surface area contributed by atoms with Crippen molar-refractivity contribution in [1.82, 2.24) is 0 Å². The molecule has 1 heteroatoms. The van der Waals surface area contributed by atoms with E-state index in [0.717, 1.165) is 19.3 Å². The first kappa shape index (κ1) is 9.47. The first-order valence-corrected chi connectivity index (χ1v) is 5.25. The van der Waals surface area contributed by atoms with Crippen molar-refractivity contribution < 1.29 is 5.11 Å². The Labute approximate surface area is 85.1 Å². The highest BCUT2D eigenvalue weighted by Crippen LogP contribution is 2.30. The Morgan fingerprint density at radius 3 is 2.71 bits per heavy atom. The van der Waals surface area contributed by atoms with Gasteiger partial charge in [0.2, 0.25) is 0 Å². The summed E-state index contributed by atoms with van der Waals surface area (Å²) in [6.07, 6.45) is 5.57. The van der Waals surface area contributed by atoms with Crippen molar-refractivity contribution >= 4 is 5.57 Å². The van der Waals surface area contributed by atoms with E-state index in [9.17, 15) is 0 Å². The van der Waals surface area contributed by atoms with Crippen LogP contribution >= 0.6 is 0 Å². The molecule has 1 aromatic carbocycles. The minimum atomic E-state index is 0.324. The molecule has 0 radical (unpaired) electrons. The van der Waals surface area contributed by atoms with Gasteiger partial charge in [-0.05, 0) is 36.3 Å². The van der Waals surface area contributed by atoms with Crippen molar-refractivity contribution in [2.24, 2.45) is 5.92 Å². The first-order valence-electron chi connectivity index (χ1n) is 5.25. The molecule has 14 heavy (non-hydrogen) atoms. The van der Waals surface area contributed by atoms with Gasteiger partial charge in [0, 0.05) is 6.61 Å². The molecule has 1 nitrogen and oxygen atoms in total. The molecular weight excluding hydrogens is 172 g/mol. The second-order valence-electron chi connectivity index (χ2n) is 3.93. The first-order chi connectivity index (χ1) is 6.90. The topological polar surface area (TPSA) is 20.2 Å². The lowest BCUT2D eigenvalue weighted by atomic mass is 9.86. The number of hydrogen-bond donors (Lipinski definition) is 1. The molecule has 2 rings (SSSR count). The number of rotatable bonds is 2. The van der Waals surface area contributed by atoms with Crippen LogP contribution in [0.2, 0.25) is 0 Å². The smallest absolute Gasteiger partial charge is 0.0462 e. The highest BCUT2D eigenvalue weighted by Gasteiger charge is 2.15. The predicted octanol–water partition coefficient (Wildman–Crippen LogP) is 2.86. The highest BCUT2D eigenvalue weighted by atomic mass is 16.3. The molecule has 1 atom stereocenters. The zero-order chi connectivity index (χ0) is 9.80. The zero-order valence-corrected chi connectivity index (χ0v) is 8.32. The molecule has 0 saturated carbocycles. The Morgan fingerprint density at radius 1 is 1.21 bits per heavy atom. The van der Waals surface area contributed by atoms with E-state index >= 15 is 0 Å². The number of aliphatic hydroxyl groups excluding tert-OH is 1. The normalized spacial score (nSPS) is 21.8. The molecule has 0 spiro atoms. The molecule has 0 bridgehead atoms. The summed E-state index contributed by atoms with van der Waals surface area (Å²) in [7, 11) is 0. The Morgan fingerprint density at radius 2 is 2.00 bits per heavy atom. The van der Waals surface area contributed by atoms with Crippen LogP contribution in [0.4, 0.5) is 0 Å². The fourth-order valence-electron chi connectivity index (χ4n) is 2.03. The highest BCUT2D eigenvalue weighted by molar-refractivity contribution is 5.66. The van der Waals surface area contributed by atoms with Gasteiger partial charge in [-0.1, -0.05) is 36.4 Å². The van der Waals surface area contributed by atoms with Crippen molar-refractivity contribution in [3.63, 3.8) is 0 Å². The zero-order valence-electron chi connectivity index (χ0n) is 8.32. The van der Waals surface area contributed by atoms with Crippen LogP contribution in [0.15, 0.2) is 36.4 Å². The van der Waals surface area contributed by atoms with E-state index in [4.69, 9.17) is 5.11 Å². The molecule has 0 aromatic heterocycles. The Kier molecular flexibility index (Phi) is 3.00. The van der Waals surface area contributed by atoms with Crippen molar-refractivity contribution in [3.8, 4) is 0 Å². The number of aliphatic hydroxyl groups is 1. The summed E-state index contributed by atoms with van der Waals surface area (Å²) in [6.45, 7) is 0.324. The quantitative estimate of drug-likeness (QED) is 0.756. The largest absolute Gasteiger partial charge is 0.396 e. The fraction of sp³-hybridized carbons (Fsp3) is 0.385.